The predicted octanol–water partition coefficient (Wildman–Crippen LogP) is 8.34. The fourth-order valence-electron chi connectivity index (χ4n) is 6.16. The van der Waals surface area contributed by atoms with E-state index in [9.17, 15) is 0 Å². The molecule has 2 saturated carbocycles. The SMILES string of the molecule is C1=CC(CP(C2CCCCC2)C2CCCCC2)C(P(c2ccccc2)c2ccccc2)=C1. The smallest absolute Gasteiger partial charge is 0.00712 e. The van der Waals surface area contributed by atoms with E-state index >= 15 is 0 Å². The zero-order chi connectivity index (χ0) is 21.6. The van der Waals surface area contributed by atoms with Crippen molar-refractivity contribution in [3.63, 3.8) is 0 Å². The molecule has 1 atom stereocenters. The predicted molar refractivity (Wildman–Crippen MR) is 145 cm³/mol. The van der Waals surface area contributed by atoms with Crippen molar-refractivity contribution in [3.05, 3.63) is 84.2 Å². The van der Waals surface area contributed by atoms with Crippen LogP contribution in [0.25, 0.3) is 0 Å². The van der Waals surface area contributed by atoms with Crippen LogP contribution in [0.2, 0.25) is 0 Å². The molecule has 2 aromatic carbocycles. The van der Waals surface area contributed by atoms with Crippen LogP contribution >= 0.6 is 15.8 Å². The lowest BCUT2D eigenvalue weighted by Gasteiger charge is -2.40. The maximum atomic E-state index is 2.57. The van der Waals surface area contributed by atoms with Crippen LogP contribution in [-0.4, -0.2) is 17.5 Å². The summed E-state index contributed by atoms with van der Waals surface area (Å²) in [6.45, 7) is 0. The Kier molecular flexibility index (Phi) is 7.95. The van der Waals surface area contributed by atoms with Gasteiger partial charge in [-0.1, -0.05) is 125 Å². The lowest BCUT2D eigenvalue weighted by Crippen LogP contribution is -2.25. The van der Waals surface area contributed by atoms with Crippen LogP contribution in [0.15, 0.2) is 84.2 Å². The molecule has 2 aromatic rings. The number of allylic oxidation sites excluding steroid dienone is 4. The molecule has 2 fully saturated rings. The van der Waals surface area contributed by atoms with Gasteiger partial charge in [0.15, 0.2) is 0 Å². The summed E-state index contributed by atoms with van der Waals surface area (Å²) in [6.07, 6.45) is 23.9. The van der Waals surface area contributed by atoms with E-state index in [1.54, 1.807) is 5.31 Å². The van der Waals surface area contributed by atoms with E-state index in [1.807, 2.05) is 0 Å². The molecule has 0 bridgehead atoms. The minimum atomic E-state index is -0.448. The third kappa shape index (κ3) is 5.29. The monoisotopic (exact) mass is 460 g/mol. The molecule has 0 heterocycles. The van der Waals surface area contributed by atoms with Crippen LogP contribution in [0.1, 0.15) is 64.2 Å². The van der Waals surface area contributed by atoms with Crippen LogP contribution in [0, 0.1) is 5.92 Å². The van der Waals surface area contributed by atoms with Crippen molar-refractivity contribution >= 4 is 26.5 Å². The fourth-order valence-corrected chi connectivity index (χ4v) is 12.9. The minimum absolute atomic E-state index is 0.121. The van der Waals surface area contributed by atoms with Gasteiger partial charge in [-0.05, 0) is 67.0 Å². The topological polar surface area (TPSA) is 0 Å². The zero-order valence-electron chi connectivity index (χ0n) is 19.4. The third-order valence-electron chi connectivity index (χ3n) is 7.77. The van der Waals surface area contributed by atoms with E-state index in [4.69, 9.17) is 0 Å². The van der Waals surface area contributed by atoms with Crippen molar-refractivity contribution < 1.29 is 0 Å². The molecule has 0 saturated heterocycles. The summed E-state index contributed by atoms with van der Waals surface area (Å²) in [5.74, 6) is 0.650. The largest absolute Gasteiger partial charge is 0.0994 e. The molecule has 0 aromatic heterocycles. The highest BCUT2D eigenvalue weighted by atomic mass is 31.1. The molecule has 1 unspecified atom stereocenters. The van der Waals surface area contributed by atoms with E-state index in [0.717, 1.165) is 11.3 Å². The maximum absolute atomic E-state index is 2.57. The number of hydrogen-bond donors (Lipinski definition) is 0. The third-order valence-corrected chi connectivity index (χ3v) is 14.1. The Labute approximate surface area is 198 Å². The first-order valence-corrected chi connectivity index (χ1v) is 16.0. The highest BCUT2D eigenvalue weighted by Crippen LogP contribution is 2.60. The lowest BCUT2D eigenvalue weighted by molar-refractivity contribution is 0.483. The molecular formula is C30H38P2. The Balaban J connectivity index is 1.42. The van der Waals surface area contributed by atoms with Gasteiger partial charge in [0.1, 0.15) is 0 Å². The van der Waals surface area contributed by atoms with Crippen LogP contribution in [-0.2, 0) is 0 Å². The Morgan fingerprint density at radius 3 is 1.62 bits per heavy atom. The molecular weight excluding hydrogens is 422 g/mol. The fraction of sp³-hybridized carbons (Fsp3) is 0.467. The molecule has 0 spiro atoms. The number of benzene rings is 2. The molecule has 0 amide bonds. The van der Waals surface area contributed by atoms with Crippen molar-refractivity contribution in [2.75, 3.05) is 6.16 Å². The van der Waals surface area contributed by atoms with E-state index in [-0.39, 0.29) is 7.92 Å². The molecule has 3 aliphatic rings. The van der Waals surface area contributed by atoms with Crippen molar-refractivity contribution in [2.24, 2.45) is 5.92 Å². The van der Waals surface area contributed by atoms with Crippen LogP contribution in [0.3, 0.4) is 0 Å². The van der Waals surface area contributed by atoms with Crippen molar-refractivity contribution in [3.8, 4) is 0 Å². The zero-order valence-corrected chi connectivity index (χ0v) is 21.2. The second kappa shape index (κ2) is 11.3. The van der Waals surface area contributed by atoms with Gasteiger partial charge >= 0.3 is 0 Å². The summed E-state index contributed by atoms with van der Waals surface area (Å²) in [6, 6.07) is 22.7. The molecule has 32 heavy (non-hydrogen) atoms. The second-order valence-electron chi connectivity index (χ2n) is 9.87. The molecule has 0 N–H and O–H groups in total. The molecule has 5 rings (SSSR count). The van der Waals surface area contributed by atoms with E-state index < -0.39 is 7.92 Å². The Hall–Kier alpha value is -1.22. The number of rotatable bonds is 7. The number of hydrogen-bond acceptors (Lipinski definition) is 0. The first kappa shape index (κ1) is 22.6. The van der Waals surface area contributed by atoms with Crippen molar-refractivity contribution in [1.82, 2.24) is 0 Å². The van der Waals surface area contributed by atoms with Gasteiger partial charge in [-0.3, -0.25) is 0 Å². The Morgan fingerprint density at radius 1 is 0.625 bits per heavy atom. The highest BCUT2D eigenvalue weighted by molar-refractivity contribution is 7.76. The highest BCUT2D eigenvalue weighted by Gasteiger charge is 2.35. The van der Waals surface area contributed by atoms with Crippen molar-refractivity contribution in [1.29, 1.82) is 0 Å². The average molecular weight is 461 g/mol. The van der Waals surface area contributed by atoms with Gasteiger partial charge in [0.2, 0.25) is 0 Å². The van der Waals surface area contributed by atoms with Gasteiger partial charge < -0.3 is 0 Å². The van der Waals surface area contributed by atoms with Crippen molar-refractivity contribution in [2.45, 2.75) is 75.5 Å². The molecule has 0 aliphatic heterocycles. The molecule has 3 aliphatic carbocycles. The Morgan fingerprint density at radius 2 is 1.12 bits per heavy atom. The summed E-state index contributed by atoms with van der Waals surface area (Å²) in [4.78, 5) is 0. The standard InChI is InChI=1S/C30H38P2/c1-5-15-26(16-6-1)31(27-17-7-2-8-18-27)24-25-14-13-23-30(25)32(28-19-9-3-10-20-28)29-21-11-4-12-22-29/h3-4,9-14,19-23,25-27H,1-2,5-8,15-18,24H2. The first-order valence-electron chi connectivity index (χ1n) is 12.9. The summed E-state index contributed by atoms with van der Waals surface area (Å²) < 4.78 is 0. The molecule has 0 nitrogen and oxygen atoms in total. The van der Waals surface area contributed by atoms with Crippen LogP contribution in [0.4, 0.5) is 0 Å². The molecule has 168 valence electrons. The normalized spacial score (nSPS) is 22.6. The molecule has 2 heteroatoms. The summed E-state index contributed by atoms with van der Waals surface area (Å²) in [5.41, 5.74) is 2.08. The summed E-state index contributed by atoms with van der Waals surface area (Å²) >= 11 is 0. The average Bonchev–Trinajstić information content (AvgIpc) is 3.33. The molecule has 0 radical (unpaired) electrons. The van der Waals surface area contributed by atoms with E-state index in [2.05, 4.69) is 78.9 Å². The van der Waals surface area contributed by atoms with Gasteiger partial charge in [0.05, 0.1) is 0 Å². The van der Waals surface area contributed by atoms with Gasteiger partial charge in [-0.2, -0.15) is 0 Å². The van der Waals surface area contributed by atoms with Gasteiger partial charge in [-0.15, -0.1) is 0 Å². The summed E-state index contributed by atoms with van der Waals surface area (Å²) in [7, 11) is -0.327. The maximum Gasteiger partial charge on any atom is 0.00712 e. The van der Waals surface area contributed by atoms with E-state index in [1.165, 1.54) is 81.0 Å². The Bertz CT molecular complexity index is 831. The van der Waals surface area contributed by atoms with Gasteiger partial charge in [0, 0.05) is 5.92 Å². The quantitative estimate of drug-likeness (QED) is 0.364. The van der Waals surface area contributed by atoms with Crippen LogP contribution < -0.4 is 10.6 Å². The minimum Gasteiger partial charge on any atom is -0.0994 e. The summed E-state index contributed by atoms with van der Waals surface area (Å²) in [5, 5.41) is 4.72. The lowest BCUT2D eigenvalue weighted by atomic mass is 9.99. The van der Waals surface area contributed by atoms with Gasteiger partial charge in [-0.25, -0.2) is 0 Å². The first-order chi connectivity index (χ1) is 15.9. The van der Waals surface area contributed by atoms with Gasteiger partial charge in [0.25, 0.3) is 0 Å². The van der Waals surface area contributed by atoms with E-state index in [0.29, 0.717) is 5.92 Å². The van der Waals surface area contributed by atoms with Crippen LogP contribution in [0.5, 0.6) is 0 Å². The second-order valence-corrected chi connectivity index (χ2v) is 14.9.